The Morgan fingerprint density at radius 1 is 1.07 bits per heavy atom. The van der Waals surface area contributed by atoms with Crippen molar-refractivity contribution in [3.05, 3.63) is 71.3 Å². The Kier molecular flexibility index (Phi) is 5.91. The molecule has 27 heavy (non-hydrogen) atoms. The van der Waals surface area contributed by atoms with Crippen molar-refractivity contribution >= 4 is 11.9 Å². The first-order valence-corrected chi connectivity index (χ1v) is 9.30. The first kappa shape index (κ1) is 19.1. The van der Waals surface area contributed by atoms with E-state index in [2.05, 4.69) is 0 Å². The van der Waals surface area contributed by atoms with Gasteiger partial charge in [-0.2, -0.15) is 0 Å². The number of rotatable bonds is 5. The highest BCUT2D eigenvalue weighted by Gasteiger charge is 2.38. The Labute approximate surface area is 160 Å². The van der Waals surface area contributed by atoms with Gasteiger partial charge in [-0.15, -0.1) is 0 Å². The van der Waals surface area contributed by atoms with Crippen LogP contribution < -0.4 is 5.73 Å². The Bertz CT molecular complexity index is 804. The molecule has 1 amide bonds. The van der Waals surface area contributed by atoms with E-state index in [1.165, 1.54) is 0 Å². The second-order valence-corrected chi connectivity index (χ2v) is 7.32. The van der Waals surface area contributed by atoms with Crippen molar-refractivity contribution in [3.8, 4) is 0 Å². The van der Waals surface area contributed by atoms with Crippen LogP contribution in [0.3, 0.4) is 0 Å². The number of benzene rings is 2. The topological polar surface area (TPSA) is 72.6 Å². The van der Waals surface area contributed by atoms with Crippen LogP contribution in [-0.4, -0.2) is 28.9 Å². The minimum Gasteiger partial charge on any atom is -0.459 e. The molecule has 2 aromatic carbocycles. The molecule has 0 bridgehead atoms. The average molecular weight is 366 g/mol. The van der Waals surface area contributed by atoms with Gasteiger partial charge in [0.2, 0.25) is 5.91 Å². The number of carbonyl (C=O) groups excluding carboxylic acids is 2. The molecule has 2 atom stereocenters. The molecule has 0 aliphatic carbocycles. The minimum absolute atomic E-state index is 0.00402. The molecule has 1 aliphatic heterocycles. The van der Waals surface area contributed by atoms with E-state index in [9.17, 15) is 9.59 Å². The van der Waals surface area contributed by atoms with Gasteiger partial charge in [-0.1, -0.05) is 68.4 Å². The number of hydrogen-bond acceptors (Lipinski definition) is 4. The summed E-state index contributed by atoms with van der Waals surface area (Å²) in [4.78, 5) is 27.3. The number of hydrogen-bond donors (Lipinski definition) is 1. The van der Waals surface area contributed by atoms with Crippen LogP contribution in [0.4, 0.5) is 0 Å². The molecule has 1 aliphatic rings. The Hall–Kier alpha value is -2.66. The molecular weight excluding hydrogens is 340 g/mol. The standard InChI is InChI=1S/C22H26N2O3/c1-15(2)20(23)21(25)24-13-18-11-7-6-10-17(18)12-19(24)22(26)27-14-16-8-4-3-5-9-16/h3-11,15,19-20H,12-14,23H2,1-2H3/t19-,20-/m0/s1. The van der Waals surface area contributed by atoms with Crippen molar-refractivity contribution in [2.45, 2.75) is 45.5 Å². The highest BCUT2D eigenvalue weighted by Crippen LogP contribution is 2.25. The Morgan fingerprint density at radius 2 is 1.70 bits per heavy atom. The van der Waals surface area contributed by atoms with Crippen LogP contribution in [0.25, 0.3) is 0 Å². The van der Waals surface area contributed by atoms with Crippen LogP contribution in [0.1, 0.15) is 30.5 Å². The summed E-state index contributed by atoms with van der Waals surface area (Å²) >= 11 is 0. The molecule has 1 heterocycles. The van der Waals surface area contributed by atoms with Crippen LogP contribution in [0.15, 0.2) is 54.6 Å². The van der Waals surface area contributed by atoms with Crippen LogP contribution >= 0.6 is 0 Å². The molecule has 0 fully saturated rings. The van der Waals surface area contributed by atoms with E-state index >= 15 is 0 Å². The van der Waals surface area contributed by atoms with Gasteiger partial charge in [0.15, 0.2) is 0 Å². The molecule has 0 aromatic heterocycles. The summed E-state index contributed by atoms with van der Waals surface area (Å²) in [6.45, 7) is 4.38. The second kappa shape index (κ2) is 8.35. The summed E-state index contributed by atoms with van der Waals surface area (Å²) in [5.74, 6) is -0.602. The number of ether oxygens (including phenoxy) is 1. The molecule has 5 heteroatoms. The van der Waals surface area contributed by atoms with Gasteiger partial charge < -0.3 is 15.4 Å². The van der Waals surface area contributed by atoms with Gasteiger partial charge in [0, 0.05) is 13.0 Å². The van der Waals surface area contributed by atoms with E-state index in [-0.39, 0.29) is 18.4 Å². The number of nitrogens with two attached hydrogens (primary N) is 1. The molecule has 0 unspecified atom stereocenters. The first-order chi connectivity index (χ1) is 13.0. The summed E-state index contributed by atoms with van der Waals surface area (Å²) in [6, 6.07) is 16.1. The highest BCUT2D eigenvalue weighted by atomic mass is 16.5. The predicted octanol–water partition coefficient (Wildman–Crippen LogP) is 2.67. The van der Waals surface area contributed by atoms with E-state index < -0.39 is 18.1 Å². The van der Waals surface area contributed by atoms with Crippen molar-refractivity contribution in [2.75, 3.05) is 0 Å². The number of carbonyl (C=O) groups is 2. The summed E-state index contributed by atoms with van der Waals surface area (Å²) in [7, 11) is 0. The number of nitrogens with zero attached hydrogens (tertiary/aromatic N) is 1. The molecule has 2 aromatic rings. The van der Waals surface area contributed by atoms with Crippen molar-refractivity contribution in [2.24, 2.45) is 11.7 Å². The number of esters is 1. The SMILES string of the molecule is CC(C)[C@H](N)C(=O)N1Cc2ccccc2C[C@H]1C(=O)OCc1ccccc1. The smallest absolute Gasteiger partial charge is 0.329 e. The van der Waals surface area contributed by atoms with E-state index in [4.69, 9.17) is 10.5 Å². The highest BCUT2D eigenvalue weighted by molar-refractivity contribution is 5.88. The van der Waals surface area contributed by atoms with E-state index in [1.807, 2.05) is 68.4 Å². The van der Waals surface area contributed by atoms with Gasteiger partial charge in [0.1, 0.15) is 12.6 Å². The van der Waals surface area contributed by atoms with Gasteiger partial charge in [-0.3, -0.25) is 4.79 Å². The van der Waals surface area contributed by atoms with Crippen molar-refractivity contribution in [1.29, 1.82) is 0 Å². The van der Waals surface area contributed by atoms with E-state index in [0.29, 0.717) is 13.0 Å². The summed E-state index contributed by atoms with van der Waals surface area (Å²) in [5.41, 5.74) is 9.13. The maximum absolute atomic E-state index is 12.9. The number of amides is 1. The summed E-state index contributed by atoms with van der Waals surface area (Å²) in [5, 5.41) is 0. The van der Waals surface area contributed by atoms with E-state index in [1.54, 1.807) is 4.90 Å². The Balaban J connectivity index is 1.80. The lowest BCUT2D eigenvalue weighted by atomic mass is 9.92. The first-order valence-electron chi connectivity index (χ1n) is 9.30. The lowest BCUT2D eigenvalue weighted by Gasteiger charge is -2.37. The van der Waals surface area contributed by atoms with Gasteiger partial charge in [0.05, 0.1) is 6.04 Å². The fourth-order valence-electron chi connectivity index (χ4n) is 3.27. The third kappa shape index (κ3) is 4.37. The normalized spacial score (nSPS) is 17.3. The molecule has 0 radical (unpaired) electrons. The zero-order valence-corrected chi connectivity index (χ0v) is 15.8. The van der Waals surface area contributed by atoms with E-state index in [0.717, 1.165) is 16.7 Å². The lowest BCUT2D eigenvalue weighted by molar-refractivity contribution is -0.158. The van der Waals surface area contributed by atoms with Gasteiger partial charge in [0.25, 0.3) is 0 Å². The largest absolute Gasteiger partial charge is 0.459 e. The minimum atomic E-state index is -0.652. The van der Waals surface area contributed by atoms with Crippen molar-refractivity contribution < 1.29 is 14.3 Å². The second-order valence-electron chi connectivity index (χ2n) is 7.32. The molecule has 0 saturated carbocycles. The molecule has 142 valence electrons. The monoisotopic (exact) mass is 366 g/mol. The third-order valence-electron chi connectivity index (χ3n) is 5.03. The molecule has 3 rings (SSSR count). The van der Waals surface area contributed by atoms with Crippen LogP contribution in [-0.2, 0) is 33.9 Å². The zero-order valence-electron chi connectivity index (χ0n) is 15.8. The van der Waals surface area contributed by atoms with Gasteiger partial charge in [-0.25, -0.2) is 4.79 Å². The van der Waals surface area contributed by atoms with Crippen LogP contribution in [0.5, 0.6) is 0 Å². The molecule has 5 nitrogen and oxygen atoms in total. The summed E-state index contributed by atoms with van der Waals surface area (Å²) < 4.78 is 5.53. The molecule has 0 saturated heterocycles. The zero-order chi connectivity index (χ0) is 19.4. The van der Waals surface area contributed by atoms with Crippen LogP contribution in [0.2, 0.25) is 0 Å². The lowest BCUT2D eigenvalue weighted by Crippen LogP contribution is -2.55. The predicted molar refractivity (Wildman–Crippen MR) is 104 cm³/mol. The quantitative estimate of drug-likeness (QED) is 0.826. The Morgan fingerprint density at radius 3 is 2.37 bits per heavy atom. The molecule has 0 spiro atoms. The fourth-order valence-corrected chi connectivity index (χ4v) is 3.27. The van der Waals surface area contributed by atoms with Crippen LogP contribution in [0, 0.1) is 5.92 Å². The summed E-state index contributed by atoms with van der Waals surface area (Å²) in [6.07, 6.45) is 0.445. The maximum atomic E-state index is 12.9. The average Bonchev–Trinajstić information content (AvgIpc) is 2.70. The van der Waals surface area contributed by atoms with Gasteiger partial charge in [-0.05, 0) is 22.6 Å². The maximum Gasteiger partial charge on any atom is 0.329 e. The molecular formula is C22H26N2O3. The number of fused-ring (bicyclic) bond motifs is 1. The third-order valence-corrected chi connectivity index (χ3v) is 5.03. The van der Waals surface area contributed by atoms with Crippen molar-refractivity contribution in [3.63, 3.8) is 0 Å². The van der Waals surface area contributed by atoms with Gasteiger partial charge >= 0.3 is 5.97 Å². The fraction of sp³-hybridized carbons (Fsp3) is 0.364. The molecule has 2 N–H and O–H groups in total. The van der Waals surface area contributed by atoms with Crippen molar-refractivity contribution in [1.82, 2.24) is 4.90 Å².